The summed E-state index contributed by atoms with van der Waals surface area (Å²) in [7, 11) is 0. The van der Waals surface area contributed by atoms with Crippen LogP contribution in [0.2, 0.25) is 0 Å². The largest absolute Gasteiger partial charge is 0.490 e. The number of nitriles is 1. The van der Waals surface area contributed by atoms with Gasteiger partial charge < -0.3 is 14.4 Å². The van der Waals surface area contributed by atoms with Crippen LogP contribution in [0.25, 0.3) is 0 Å². The van der Waals surface area contributed by atoms with E-state index in [9.17, 15) is 9.59 Å². The van der Waals surface area contributed by atoms with Gasteiger partial charge in [-0.3, -0.25) is 4.79 Å². The average Bonchev–Trinajstić information content (AvgIpc) is 2.86. The molecule has 0 bridgehead atoms. The van der Waals surface area contributed by atoms with E-state index in [1.54, 1.807) is 13.0 Å². The topological polar surface area (TPSA) is 79.6 Å². The summed E-state index contributed by atoms with van der Waals surface area (Å²) < 4.78 is 10.6. The summed E-state index contributed by atoms with van der Waals surface area (Å²) in [5, 5.41) is 8.86. The van der Waals surface area contributed by atoms with Crippen molar-refractivity contribution in [1.82, 2.24) is 4.90 Å². The zero-order valence-corrected chi connectivity index (χ0v) is 12.3. The number of amides is 1. The maximum absolute atomic E-state index is 11.9. The lowest BCUT2D eigenvalue weighted by Crippen LogP contribution is -2.33. The minimum Gasteiger partial charge on any atom is -0.490 e. The summed E-state index contributed by atoms with van der Waals surface area (Å²) in [5.74, 6) is 0.888. The van der Waals surface area contributed by atoms with Crippen LogP contribution in [0.1, 0.15) is 12.5 Å². The lowest BCUT2D eigenvalue weighted by atomic mass is 10.2. The number of ether oxygens (including phenoxy) is 2. The van der Waals surface area contributed by atoms with Crippen molar-refractivity contribution in [2.45, 2.75) is 6.92 Å². The second kappa shape index (κ2) is 6.99. The summed E-state index contributed by atoms with van der Waals surface area (Å²) in [6, 6.07) is 6.57. The Labute approximate surface area is 126 Å². The number of thioether (sulfide) groups is 1. The summed E-state index contributed by atoms with van der Waals surface area (Å²) in [5.41, 5.74) is 0.421. The van der Waals surface area contributed by atoms with Crippen LogP contribution in [0.3, 0.4) is 0 Å². The van der Waals surface area contributed by atoms with Crippen molar-refractivity contribution in [3.8, 4) is 17.6 Å². The zero-order chi connectivity index (χ0) is 15.2. The fourth-order valence-electron chi connectivity index (χ4n) is 1.78. The lowest BCUT2D eigenvalue weighted by Gasteiger charge is -2.15. The molecule has 6 nitrogen and oxygen atoms in total. The molecule has 1 amide bonds. The Morgan fingerprint density at radius 2 is 2.29 bits per heavy atom. The van der Waals surface area contributed by atoms with Gasteiger partial charge in [0.2, 0.25) is 5.91 Å². The van der Waals surface area contributed by atoms with Crippen LogP contribution >= 0.6 is 11.8 Å². The Balaban J connectivity index is 2.06. The second-order valence-corrected chi connectivity index (χ2v) is 5.20. The van der Waals surface area contributed by atoms with Crippen LogP contribution in [-0.4, -0.2) is 41.6 Å². The first-order valence-electron chi connectivity index (χ1n) is 6.37. The number of esters is 1. The first kappa shape index (κ1) is 15.2. The molecule has 1 aromatic carbocycles. The van der Waals surface area contributed by atoms with Crippen molar-refractivity contribution in [3.63, 3.8) is 0 Å². The molecule has 0 atom stereocenters. The van der Waals surface area contributed by atoms with E-state index in [0.717, 1.165) is 0 Å². The average molecular weight is 306 g/mol. The van der Waals surface area contributed by atoms with Gasteiger partial charge >= 0.3 is 5.97 Å². The molecule has 1 heterocycles. The molecular formula is C14H14N2O4S. The van der Waals surface area contributed by atoms with Gasteiger partial charge in [-0.25, -0.2) is 4.79 Å². The number of benzene rings is 1. The standard InChI is InChI=1S/C14H14N2O4S/c1-2-19-12-5-10(6-15)3-4-11(12)20-14(18)7-16-9-21-8-13(16)17/h3-5H,2,7-9H2,1H3. The number of nitrogens with zero attached hydrogens (tertiary/aromatic N) is 2. The SMILES string of the molecule is CCOc1cc(C#N)ccc1OC(=O)CN1CSCC1=O. The van der Waals surface area contributed by atoms with Crippen molar-refractivity contribution in [2.75, 3.05) is 24.8 Å². The van der Waals surface area contributed by atoms with Crippen LogP contribution in [0.5, 0.6) is 11.5 Å². The molecular weight excluding hydrogens is 292 g/mol. The Kier molecular flexibility index (Phi) is 5.06. The highest BCUT2D eigenvalue weighted by molar-refractivity contribution is 8.00. The molecule has 1 saturated heterocycles. The highest BCUT2D eigenvalue weighted by Crippen LogP contribution is 2.28. The quantitative estimate of drug-likeness (QED) is 0.604. The van der Waals surface area contributed by atoms with Gasteiger partial charge in [0.25, 0.3) is 0 Å². The number of rotatable bonds is 5. The van der Waals surface area contributed by atoms with Gasteiger partial charge in [0.15, 0.2) is 11.5 Å². The highest BCUT2D eigenvalue weighted by Gasteiger charge is 2.24. The fourth-order valence-corrected chi connectivity index (χ4v) is 2.69. The predicted octanol–water partition coefficient (Wildman–Crippen LogP) is 1.40. The van der Waals surface area contributed by atoms with E-state index < -0.39 is 5.97 Å². The third-order valence-electron chi connectivity index (χ3n) is 2.74. The molecule has 0 aromatic heterocycles. The van der Waals surface area contributed by atoms with E-state index in [1.807, 2.05) is 6.07 Å². The summed E-state index contributed by atoms with van der Waals surface area (Å²) in [6.07, 6.45) is 0. The van der Waals surface area contributed by atoms with Crippen LogP contribution in [0, 0.1) is 11.3 Å². The van der Waals surface area contributed by atoms with Crippen molar-refractivity contribution in [1.29, 1.82) is 5.26 Å². The van der Waals surface area contributed by atoms with E-state index in [4.69, 9.17) is 14.7 Å². The summed E-state index contributed by atoms with van der Waals surface area (Å²) in [6.45, 7) is 2.10. The normalized spacial score (nSPS) is 13.9. The number of hydrogen-bond donors (Lipinski definition) is 0. The molecule has 0 spiro atoms. The van der Waals surface area contributed by atoms with Gasteiger partial charge in [0.1, 0.15) is 6.54 Å². The molecule has 1 aliphatic rings. The van der Waals surface area contributed by atoms with Crippen LogP contribution < -0.4 is 9.47 Å². The number of carbonyl (C=O) groups excluding carboxylic acids is 2. The van der Waals surface area contributed by atoms with Gasteiger partial charge in [0.05, 0.1) is 29.9 Å². The Hall–Kier alpha value is -2.20. The van der Waals surface area contributed by atoms with Crippen LogP contribution in [0.15, 0.2) is 18.2 Å². The van der Waals surface area contributed by atoms with Crippen molar-refractivity contribution in [2.24, 2.45) is 0 Å². The van der Waals surface area contributed by atoms with Crippen LogP contribution in [0.4, 0.5) is 0 Å². The lowest BCUT2D eigenvalue weighted by molar-refractivity contribution is -0.140. The van der Waals surface area contributed by atoms with Crippen LogP contribution in [-0.2, 0) is 9.59 Å². The molecule has 0 saturated carbocycles. The molecule has 2 rings (SSSR count). The van der Waals surface area contributed by atoms with E-state index in [0.29, 0.717) is 29.5 Å². The van der Waals surface area contributed by atoms with Crippen molar-refractivity contribution < 1.29 is 19.1 Å². The third kappa shape index (κ3) is 3.89. The molecule has 21 heavy (non-hydrogen) atoms. The first-order chi connectivity index (χ1) is 10.1. The monoisotopic (exact) mass is 306 g/mol. The van der Waals surface area contributed by atoms with Gasteiger partial charge in [-0.05, 0) is 19.1 Å². The third-order valence-corrected chi connectivity index (χ3v) is 3.69. The van der Waals surface area contributed by atoms with Crippen molar-refractivity contribution >= 4 is 23.6 Å². The Morgan fingerprint density at radius 1 is 1.48 bits per heavy atom. The minimum atomic E-state index is -0.531. The smallest absolute Gasteiger partial charge is 0.331 e. The molecule has 0 N–H and O–H groups in total. The second-order valence-electron chi connectivity index (χ2n) is 4.25. The Morgan fingerprint density at radius 3 is 2.90 bits per heavy atom. The molecule has 0 unspecified atom stereocenters. The number of carbonyl (C=O) groups is 2. The molecule has 0 radical (unpaired) electrons. The van der Waals surface area contributed by atoms with Gasteiger partial charge in [-0.2, -0.15) is 5.26 Å². The maximum atomic E-state index is 11.9. The van der Waals surface area contributed by atoms with E-state index in [2.05, 4.69) is 0 Å². The summed E-state index contributed by atoms with van der Waals surface area (Å²) >= 11 is 1.46. The van der Waals surface area contributed by atoms with E-state index in [1.165, 1.54) is 28.8 Å². The molecule has 1 aromatic rings. The minimum absolute atomic E-state index is 0.0678. The molecule has 0 aliphatic carbocycles. The zero-order valence-electron chi connectivity index (χ0n) is 11.5. The molecule has 7 heteroatoms. The first-order valence-corrected chi connectivity index (χ1v) is 7.52. The molecule has 1 aliphatic heterocycles. The number of hydrogen-bond acceptors (Lipinski definition) is 6. The van der Waals surface area contributed by atoms with Crippen molar-refractivity contribution in [3.05, 3.63) is 23.8 Å². The predicted molar refractivity (Wildman–Crippen MR) is 77.0 cm³/mol. The highest BCUT2D eigenvalue weighted by atomic mass is 32.2. The fraction of sp³-hybridized carbons (Fsp3) is 0.357. The van der Waals surface area contributed by atoms with Gasteiger partial charge in [-0.1, -0.05) is 0 Å². The summed E-state index contributed by atoms with van der Waals surface area (Å²) in [4.78, 5) is 24.8. The van der Waals surface area contributed by atoms with E-state index >= 15 is 0 Å². The molecule has 1 fully saturated rings. The van der Waals surface area contributed by atoms with Gasteiger partial charge in [0, 0.05) is 6.07 Å². The maximum Gasteiger partial charge on any atom is 0.331 e. The molecule has 110 valence electrons. The van der Waals surface area contributed by atoms with E-state index in [-0.39, 0.29) is 18.2 Å². The Bertz CT molecular complexity index is 597. The van der Waals surface area contributed by atoms with Gasteiger partial charge in [-0.15, -0.1) is 11.8 Å².